The van der Waals surface area contributed by atoms with Crippen molar-refractivity contribution in [2.24, 2.45) is 5.92 Å². The lowest BCUT2D eigenvalue weighted by molar-refractivity contribution is 0.484. The predicted molar refractivity (Wildman–Crippen MR) is 48.7 cm³/mol. The summed E-state index contributed by atoms with van der Waals surface area (Å²) in [4.78, 5) is 0. The van der Waals surface area contributed by atoms with E-state index in [2.05, 4.69) is 24.3 Å². The number of hydrogen-bond acceptors (Lipinski definition) is 2. The number of anilines is 1. The van der Waals surface area contributed by atoms with Gasteiger partial charge in [-0.05, 0) is 5.92 Å². The minimum Gasteiger partial charge on any atom is -0.372 e. The first-order chi connectivity index (χ1) is 5.22. The van der Waals surface area contributed by atoms with Gasteiger partial charge in [0.05, 0.1) is 0 Å². The number of rotatable bonds is 3. The van der Waals surface area contributed by atoms with Crippen LogP contribution in [0.15, 0.2) is 12.3 Å². The van der Waals surface area contributed by atoms with E-state index in [1.807, 2.05) is 24.0 Å². The van der Waals surface area contributed by atoms with Gasteiger partial charge in [-0.15, -0.1) is 0 Å². The van der Waals surface area contributed by atoms with Gasteiger partial charge in [0, 0.05) is 27.3 Å². The van der Waals surface area contributed by atoms with E-state index < -0.39 is 0 Å². The molecule has 0 aromatic carbocycles. The van der Waals surface area contributed by atoms with Crippen molar-refractivity contribution < 1.29 is 1.43 Å². The summed E-state index contributed by atoms with van der Waals surface area (Å²) in [6, 6.07) is 1.97. The SMILES string of the molecule is CNc1ccn(CC(C)C)n1.[HH]. The summed E-state index contributed by atoms with van der Waals surface area (Å²) in [5.41, 5.74) is 0. The molecule has 11 heavy (non-hydrogen) atoms. The van der Waals surface area contributed by atoms with Crippen LogP contribution >= 0.6 is 0 Å². The number of aromatic nitrogens is 2. The van der Waals surface area contributed by atoms with Crippen molar-refractivity contribution in [3.8, 4) is 0 Å². The topological polar surface area (TPSA) is 29.9 Å². The van der Waals surface area contributed by atoms with Crippen LogP contribution < -0.4 is 5.32 Å². The maximum Gasteiger partial charge on any atom is 0.147 e. The first-order valence-electron chi connectivity index (χ1n) is 3.93. The number of nitrogens with one attached hydrogen (secondary N) is 1. The van der Waals surface area contributed by atoms with Crippen LogP contribution in [0.5, 0.6) is 0 Å². The summed E-state index contributed by atoms with van der Waals surface area (Å²) >= 11 is 0. The lowest BCUT2D eigenvalue weighted by Crippen LogP contribution is -2.05. The van der Waals surface area contributed by atoms with Crippen LogP contribution in [0.2, 0.25) is 0 Å². The third-order valence-electron chi connectivity index (χ3n) is 1.45. The first-order valence-corrected chi connectivity index (χ1v) is 3.93. The van der Waals surface area contributed by atoms with E-state index >= 15 is 0 Å². The van der Waals surface area contributed by atoms with E-state index in [0.717, 1.165) is 12.4 Å². The Bertz CT molecular complexity index is 220. The third kappa shape index (κ3) is 2.26. The smallest absolute Gasteiger partial charge is 0.147 e. The van der Waals surface area contributed by atoms with Gasteiger partial charge in [-0.1, -0.05) is 13.8 Å². The fraction of sp³-hybridized carbons (Fsp3) is 0.625. The molecule has 1 rings (SSSR count). The van der Waals surface area contributed by atoms with Crippen LogP contribution in [-0.4, -0.2) is 16.8 Å². The Labute approximate surface area is 68.9 Å². The largest absolute Gasteiger partial charge is 0.372 e. The molecule has 1 aromatic heterocycles. The van der Waals surface area contributed by atoms with Crippen LogP contribution in [0.1, 0.15) is 15.3 Å². The summed E-state index contributed by atoms with van der Waals surface area (Å²) < 4.78 is 1.95. The summed E-state index contributed by atoms with van der Waals surface area (Å²) in [7, 11) is 1.88. The Morgan fingerprint density at radius 2 is 2.45 bits per heavy atom. The van der Waals surface area contributed by atoms with Crippen molar-refractivity contribution in [2.45, 2.75) is 20.4 Å². The molecule has 3 heteroatoms. The average Bonchev–Trinajstić information content (AvgIpc) is 2.34. The quantitative estimate of drug-likeness (QED) is 0.721. The molecule has 0 aliphatic rings. The molecule has 0 aliphatic carbocycles. The lowest BCUT2D eigenvalue weighted by Gasteiger charge is -2.03. The Kier molecular flexibility index (Phi) is 2.52. The molecule has 0 fully saturated rings. The first kappa shape index (κ1) is 8.11. The predicted octanol–water partition coefficient (Wildman–Crippen LogP) is 1.83. The van der Waals surface area contributed by atoms with Crippen molar-refractivity contribution >= 4 is 5.82 Å². The summed E-state index contributed by atoms with van der Waals surface area (Å²) in [5, 5.41) is 7.26. The van der Waals surface area contributed by atoms with Gasteiger partial charge in [-0.2, -0.15) is 5.10 Å². The molecule has 3 nitrogen and oxygen atoms in total. The van der Waals surface area contributed by atoms with Gasteiger partial charge < -0.3 is 5.32 Å². The van der Waals surface area contributed by atoms with Gasteiger partial charge >= 0.3 is 0 Å². The zero-order valence-corrected chi connectivity index (χ0v) is 7.33. The Morgan fingerprint density at radius 1 is 1.73 bits per heavy atom. The van der Waals surface area contributed by atoms with Crippen molar-refractivity contribution in [1.82, 2.24) is 9.78 Å². The molecular weight excluding hydrogens is 138 g/mol. The highest BCUT2D eigenvalue weighted by Crippen LogP contribution is 2.03. The van der Waals surface area contributed by atoms with Crippen LogP contribution in [0.25, 0.3) is 0 Å². The Balaban J connectivity index is 0.00000121. The highest BCUT2D eigenvalue weighted by Gasteiger charge is 1.97. The second-order valence-electron chi connectivity index (χ2n) is 3.07. The molecule has 0 aliphatic heterocycles. The maximum atomic E-state index is 4.27. The summed E-state index contributed by atoms with van der Waals surface area (Å²) in [5.74, 6) is 1.59. The second kappa shape index (κ2) is 3.42. The molecule has 0 spiro atoms. The van der Waals surface area contributed by atoms with E-state index in [9.17, 15) is 0 Å². The minimum absolute atomic E-state index is 0. The molecule has 1 heterocycles. The van der Waals surface area contributed by atoms with Gasteiger partial charge in [-0.25, -0.2) is 0 Å². The summed E-state index contributed by atoms with van der Waals surface area (Å²) in [6.45, 7) is 5.35. The fourth-order valence-corrected chi connectivity index (χ4v) is 0.971. The van der Waals surface area contributed by atoms with E-state index in [-0.39, 0.29) is 1.43 Å². The molecule has 0 bridgehead atoms. The second-order valence-corrected chi connectivity index (χ2v) is 3.07. The standard InChI is InChI=1S/C8H15N3.H2/c1-7(2)6-11-5-4-8(9-3)10-11;/h4-5,7H,6H2,1-3H3,(H,9,10);1H. The van der Waals surface area contributed by atoms with Crippen LogP contribution in [0.3, 0.4) is 0 Å². The van der Waals surface area contributed by atoms with Gasteiger partial charge in [0.1, 0.15) is 5.82 Å². The number of hydrogen-bond donors (Lipinski definition) is 1. The Hall–Kier alpha value is -0.990. The maximum absolute atomic E-state index is 4.27. The van der Waals surface area contributed by atoms with Crippen molar-refractivity contribution in [3.63, 3.8) is 0 Å². The molecule has 0 radical (unpaired) electrons. The average molecular weight is 155 g/mol. The normalized spacial score (nSPS) is 10.5. The molecule has 0 unspecified atom stereocenters. The molecule has 0 amide bonds. The van der Waals surface area contributed by atoms with Crippen molar-refractivity contribution in [2.75, 3.05) is 12.4 Å². The van der Waals surface area contributed by atoms with Gasteiger partial charge in [-0.3, -0.25) is 4.68 Å². The zero-order valence-electron chi connectivity index (χ0n) is 7.33. The number of nitrogens with zero attached hydrogens (tertiary/aromatic N) is 2. The minimum atomic E-state index is 0. The van der Waals surface area contributed by atoms with Crippen LogP contribution in [0.4, 0.5) is 5.82 Å². The third-order valence-corrected chi connectivity index (χ3v) is 1.45. The van der Waals surface area contributed by atoms with Gasteiger partial charge in [0.2, 0.25) is 0 Å². The van der Waals surface area contributed by atoms with Gasteiger partial charge in [0.15, 0.2) is 0 Å². The van der Waals surface area contributed by atoms with Crippen LogP contribution in [0, 0.1) is 5.92 Å². The fourth-order valence-electron chi connectivity index (χ4n) is 0.971. The summed E-state index contributed by atoms with van der Waals surface area (Å²) in [6.07, 6.45) is 1.99. The van der Waals surface area contributed by atoms with E-state index in [0.29, 0.717) is 5.92 Å². The molecule has 64 valence electrons. The van der Waals surface area contributed by atoms with Gasteiger partial charge in [0.25, 0.3) is 0 Å². The monoisotopic (exact) mass is 155 g/mol. The zero-order chi connectivity index (χ0) is 8.27. The van der Waals surface area contributed by atoms with E-state index in [1.54, 1.807) is 0 Å². The van der Waals surface area contributed by atoms with Crippen molar-refractivity contribution in [1.29, 1.82) is 0 Å². The van der Waals surface area contributed by atoms with E-state index in [4.69, 9.17) is 0 Å². The molecule has 1 N–H and O–H groups in total. The van der Waals surface area contributed by atoms with Crippen molar-refractivity contribution in [3.05, 3.63) is 12.3 Å². The molecular formula is C8H17N3. The molecule has 1 aromatic rings. The van der Waals surface area contributed by atoms with E-state index in [1.165, 1.54) is 0 Å². The highest BCUT2D eigenvalue weighted by atomic mass is 15.3. The molecule has 0 saturated heterocycles. The van der Waals surface area contributed by atoms with Crippen LogP contribution in [-0.2, 0) is 6.54 Å². The lowest BCUT2D eigenvalue weighted by atomic mass is 10.2. The molecule has 0 saturated carbocycles. The Morgan fingerprint density at radius 3 is 2.91 bits per heavy atom. The molecule has 0 atom stereocenters. The highest BCUT2D eigenvalue weighted by molar-refractivity contribution is 5.30.